The number of ether oxygens (including phenoxy) is 4. The molecule has 0 unspecified atom stereocenters. The number of amides is 1. The second-order valence-electron chi connectivity index (χ2n) is 5.14. The van der Waals surface area contributed by atoms with Crippen LogP contribution in [-0.2, 0) is 41.5 Å². The highest BCUT2D eigenvalue weighted by atomic mass is 16.5. The van der Waals surface area contributed by atoms with Crippen LogP contribution in [0.4, 0.5) is 0 Å². The van der Waals surface area contributed by atoms with Crippen LogP contribution in [0.5, 0.6) is 0 Å². The van der Waals surface area contributed by atoms with E-state index < -0.39 is 0 Å². The number of carbonyl (C=O) groups is 2. The molecule has 1 rings (SSSR count). The molecule has 0 spiro atoms. The molecule has 0 aliphatic heterocycles. The van der Waals surface area contributed by atoms with E-state index in [4.69, 9.17) is 18.9 Å². The summed E-state index contributed by atoms with van der Waals surface area (Å²) in [5, 5.41) is 18.1. The summed E-state index contributed by atoms with van der Waals surface area (Å²) in [6.45, 7) is 1.64. The molecule has 0 saturated heterocycles. The summed E-state index contributed by atoms with van der Waals surface area (Å²) in [6.07, 6.45) is 0.567. The molecular weight excluding hydrogens is 346 g/mol. The molecule has 146 valence electrons. The van der Waals surface area contributed by atoms with Crippen LogP contribution in [0, 0.1) is 0 Å². The van der Waals surface area contributed by atoms with Crippen LogP contribution in [-0.4, -0.2) is 85.9 Å². The van der Waals surface area contributed by atoms with Crippen LogP contribution in [0.15, 0.2) is 0 Å². The third kappa shape index (κ3) is 10.7. The summed E-state index contributed by atoms with van der Waals surface area (Å²) in [5.41, 5.74) is 0. The summed E-state index contributed by atoms with van der Waals surface area (Å²) in [5.74, 6) is 0.267. The van der Waals surface area contributed by atoms with E-state index in [2.05, 4.69) is 25.7 Å². The molecule has 11 heteroatoms. The van der Waals surface area contributed by atoms with Crippen molar-refractivity contribution in [2.75, 3.05) is 53.9 Å². The molecule has 0 aromatic carbocycles. The van der Waals surface area contributed by atoms with Gasteiger partial charge in [-0.3, -0.25) is 9.59 Å². The highest BCUT2D eigenvalue weighted by molar-refractivity contribution is 5.79. The number of hydrogen-bond acceptors (Lipinski definition) is 10. The van der Waals surface area contributed by atoms with Crippen LogP contribution in [0.1, 0.15) is 18.1 Å². The normalized spacial score (nSPS) is 10.7. The maximum absolute atomic E-state index is 11.6. The minimum atomic E-state index is -0.298. The molecule has 26 heavy (non-hydrogen) atoms. The van der Waals surface area contributed by atoms with Gasteiger partial charge in [0.15, 0.2) is 17.4 Å². The van der Waals surface area contributed by atoms with Crippen molar-refractivity contribution in [3.05, 3.63) is 11.6 Å². The molecule has 11 nitrogen and oxygen atoms in total. The summed E-state index contributed by atoms with van der Waals surface area (Å²) in [6, 6.07) is 0. The number of aryl methyl sites for hydroxylation is 1. The molecular formula is C15H25N5O6. The van der Waals surface area contributed by atoms with Gasteiger partial charge in [0, 0.05) is 27.1 Å². The fourth-order valence-electron chi connectivity index (χ4n) is 1.63. The van der Waals surface area contributed by atoms with Crippen molar-refractivity contribution in [1.29, 1.82) is 0 Å². The second-order valence-corrected chi connectivity index (χ2v) is 5.14. The smallest absolute Gasteiger partial charge is 0.246 e. The Kier molecular flexibility index (Phi) is 11.9. The van der Waals surface area contributed by atoms with Crippen molar-refractivity contribution < 1.29 is 28.5 Å². The third-order valence-electron chi connectivity index (χ3n) is 2.99. The van der Waals surface area contributed by atoms with Crippen molar-refractivity contribution in [2.45, 2.75) is 19.4 Å². The van der Waals surface area contributed by atoms with Gasteiger partial charge >= 0.3 is 0 Å². The van der Waals surface area contributed by atoms with Crippen molar-refractivity contribution in [1.82, 2.24) is 25.7 Å². The molecule has 0 fully saturated rings. The van der Waals surface area contributed by atoms with Gasteiger partial charge in [-0.05, 0) is 0 Å². The topological polar surface area (TPSA) is 135 Å². The predicted molar refractivity (Wildman–Crippen MR) is 88.2 cm³/mol. The molecule has 0 saturated carbocycles. The van der Waals surface area contributed by atoms with Gasteiger partial charge in [0.25, 0.3) is 0 Å². The van der Waals surface area contributed by atoms with Crippen molar-refractivity contribution in [2.24, 2.45) is 0 Å². The van der Waals surface area contributed by atoms with Gasteiger partial charge in [-0.15, -0.1) is 20.4 Å². The average molecular weight is 371 g/mol. The van der Waals surface area contributed by atoms with Crippen LogP contribution < -0.4 is 5.32 Å². The van der Waals surface area contributed by atoms with E-state index in [-0.39, 0.29) is 43.7 Å². The van der Waals surface area contributed by atoms with Gasteiger partial charge < -0.3 is 24.3 Å². The van der Waals surface area contributed by atoms with Crippen LogP contribution in [0.25, 0.3) is 0 Å². The first-order chi connectivity index (χ1) is 12.7. The average Bonchev–Trinajstić information content (AvgIpc) is 2.66. The summed E-state index contributed by atoms with van der Waals surface area (Å²) >= 11 is 0. The number of nitrogens with zero attached hydrogens (tertiary/aromatic N) is 4. The van der Waals surface area contributed by atoms with Gasteiger partial charge in [-0.25, -0.2) is 0 Å². The molecule has 0 bridgehead atoms. The number of rotatable bonds is 15. The Hall–Kier alpha value is -2.08. The standard InChI is InChI=1S/C15H25N5O6/c1-23-5-7-25-10-12(21)3-4-13-17-19-14(20-18-13)9-16-15(22)11-26-8-6-24-2/h3-11H2,1-2H3,(H,16,22). The maximum Gasteiger partial charge on any atom is 0.246 e. The zero-order chi connectivity index (χ0) is 19.0. The maximum atomic E-state index is 11.6. The molecule has 1 aromatic rings. The number of Topliss-reactive ketones (excluding diaryl/α,β-unsaturated/α-hetero) is 1. The first-order valence-electron chi connectivity index (χ1n) is 8.12. The summed E-state index contributed by atoms with van der Waals surface area (Å²) in [4.78, 5) is 23.1. The van der Waals surface area contributed by atoms with Gasteiger partial charge in [0.2, 0.25) is 5.91 Å². The Bertz CT molecular complexity index is 481. The van der Waals surface area contributed by atoms with Crippen molar-refractivity contribution in [3.8, 4) is 0 Å². The molecule has 1 heterocycles. The molecule has 1 amide bonds. The molecule has 1 N–H and O–H groups in total. The van der Waals surface area contributed by atoms with Crippen LogP contribution in [0.3, 0.4) is 0 Å². The number of hydrogen-bond donors (Lipinski definition) is 1. The lowest BCUT2D eigenvalue weighted by Gasteiger charge is -2.05. The number of methoxy groups -OCH3 is 2. The Morgan fingerprint density at radius 3 is 2.04 bits per heavy atom. The lowest BCUT2D eigenvalue weighted by atomic mass is 10.2. The van der Waals surface area contributed by atoms with Crippen molar-refractivity contribution >= 4 is 11.7 Å². The third-order valence-corrected chi connectivity index (χ3v) is 2.99. The molecule has 1 aromatic heterocycles. The van der Waals surface area contributed by atoms with E-state index in [9.17, 15) is 9.59 Å². The first kappa shape index (κ1) is 22.0. The fraction of sp³-hybridized carbons (Fsp3) is 0.733. The number of nitrogens with one attached hydrogen (secondary N) is 1. The van der Waals surface area contributed by atoms with E-state index in [0.717, 1.165) is 0 Å². The zero-order valence-electron chi connectivity index (χ0n) is 15.1. The quantitative estimate of drug-likeness (QED) is 0.371. The minimum Gasteiger partial charge on any atom is -0.382 e. The Morgan fingerprint density at radius 1 is 0.846 bits per heavy atom. The van der Waals surface area contributed by atoms with E-state index >= 15 is 0 Å². The fourth-order valence-corrected chi connectivity index (χ4v) is 1.63. The molecule has 0 atom stereocenters. The van der Waals surface area contributed by atoms with E-state index in [0.29, 0.717) is 38.7 Å². The second kappa shape index (κ2) is 14.1. The van der Waals surface area contributed by atoms with Gasteiger partial charge in [-0.2, -0.15) is 0 Å². The molecule has 0 aliphatic carbocycles. The number of aromatic nitrogens is 4. The minimum absolute atomic E-state index is 0.0286. The Morgan fingerprint density at radius 2 is 1.42 bits per heavy atom. The first-order valence-corrected chi connectivity index (χ1v) is 8.12. The van der Waals surface area contributed by atoms with Gasteiger partial charge in [0.05, 0.1) is 33.0 Å². The number of carbonyl (C=O) groups excluding carboxylic acids is 2. The predicted octanol–water partition coefficient (Wildman–Crippen LogP) is -1.29. The Balaban J connectivity index is 2.20. The number of ketones is 1. The zero-order valence-corrected chi connectivity index (χ0v) is 15.1. The van der Waals surface area contributed by atoms with Gasteiger partial charge in [-0.1, -0.05) is 0 Å². The molecule has 0 radical (unpaired) electrons. The van der Waals surface area contributed by atoms with Crippen molar-refractivity contribution in [3.63, 3.8) is 0 Å². The summed E-state index contributed by atoms with van der Waals surface area (Å²) in [7, 11) is 3.12. The van der Waals surface area contributed by atoms with Crippen LogP contribution in [0.2, 0.25) is 0 Å². The highest BCUT2D eigenvalue weighted by Crippen LogP contribution is 1.95. The molecule has 0 aliphatic rings. The monoisotopic (exact) mass is 371 g/mol. The highest BCUT2D eigenvalue weighted by Gasteiger charge is 2.08. The van der Waals surface area contributed by atoms with Crippen LogP contribution >= 0.6 is 0 Å². The van der Waals surface area contributed by atoms with E-state index in [1.165, 1.54) is 0 Å². The van der Waals surface area contributed by atoms with E-state index in [1.54, 1.807) is 14.2 Å². The SMILES string of the molecule is COCCOCC(=O)CCc1nnc(CNC(=O)COCCOC)nn1. The lowest BCUT2D eigenvalue weighted by molar-refractivity contribution is -0.126. The summed E-state index contributed by atoms with van der Waals surface area (Å²) < 4.78 is 19.8. The van der Waals surface area contributed by atoms with Gasteiger partial charge in [0.1, 0.15) is 13.2 Å². The largest absolute Gasteiger partial charge is 0.382 e. The lowest BCUT2D eigenvalue weighted by Crippen LogP contribution is -2.28. The Labute approximate surface area is 151 Å². The van der Waals surface area contributed by atoms with E-state index in [1.807, 2.05) is 0 Å².